The Hall–Kier alpha value is 13.5. The molecule has 9 atom stereocenters. The molecule has 0 aromatic rings. The second kappa shape index (κ2) is 43.2. The SMILES string of the molecule is O=S(=O)([O-])OC[C@H](OS(=O)(=O)[O-])C(O[C@@H]1O[C@H](COS(=O)(=O)[O-])[C@@H](OS(=O)(=O)[O-])[C@H](OS(=O)(=O)[O-])[C@H]1OS(=O)(=O)[O-])[C@H](OS(=O)(=O)[O-])[C@@H](COS(=O)(=O)[O-])OS(=O)(=O)[O-].[K+].[K+].[K+].[K+].[K+].[K+].[K+].[K+].[K+]. The number of ether oxygens (including phenoxy) is 2. The molecular weight excluding hydrogens is 1390 g/mol. The van der Waals surface area contributed by atoms with Crippen molar-refractivity contribution in [3.05, 3.63) is 0 Å². The van der Waals surface area contributed by atoms with Crippen molar-refractivity contribution in [1.29, 1.82) is 0 Å². The van der Waals surface area contributed by atoms with Gasteiger partial charge in [0, 0.05) is 0 Å². The molecule has 0 radical (unpaired) electrons. The van der Waals surface area contributed by atoms with Crippen LogP contribution < -0.4 is 462 Å². The Morgan fingerprint density at radius 3 is 0.941 bits per heavy atom. The van der Waals surface area contributed by atoms with Gasteiger partial charge in [-0.05, 0) is 0 Å². The number of rotatable bonds is 26. The zero-order valence-electron chi connectivity index (χ0n) is 35.5. The molecule has 1 saturated heterocycles. The van der Waals surface area contributed by atoms with Crippen LogP contribution in [0.15, 0.2) is 0 Å². The van der Waals surface area contributed by atoms with Gasteiger partial charge in [-0.15, -0.1) is 0 Å². The first kappa shape index (κ1) is 100. The Morgan fingerprint density at radius 1 is 0.353 bits per heavy atom. The molecule has 0 spiro atoms. The summed E-state index contributed by atoms with van der Waals surface area (Å²) in [5.41, 5.74) is 0. The van der Waals surface area contributed by atoms with E-state index in [4.69, 9.17) is 9.47 Å². The maximum atomic E-state index is 11.8. The van der Waals surface area contributed by atoms with Crippen molar-refractivity contribution in [3.63, 3.8) is 0 Å². The van der Waals surface area contributed by atoms with Gasteiger partial charge in [-0.1, -0.05) is 0 Å². The van der Waals surface area contributed by atoms with Gasteiger partial charge < -0.3 is 50.4 Å². The van der Waals surface area contributed by atoms with Crippen LogP contribution in [0.25, 0.3) is 0 Å². The van der Waals surface area contributed by atoms with Gasteiger partial charge in [0.15, 0.2) is 12.4 Å². The summed E-state index contributed by atoms with van der Waals surface area (Å²) in [6.07, 6.45) is -33.8. The van der Waals surface area contributed by atoms with E-state index in [0.717, 1.165) is 0 Å². The van der Waals surface area contributed by atoms with Gasteiger partial charge >= 0.3 is 462 Å². The standard InChI is InChI=1S/C12H24O38S9.9K/c13-51(14,15)40-1-4-8(47-56(28,29)30)10(49-58(34,35)36)11(50-59(37,38)39)12(43-4)44-7(5(45-54(22,23)24)2-41-52(16,17)18)9(48-57(31,32)33)6(46-55(25,26)27)3-42-53(19,20)21;;;;;;;;;/h4-12H,1-3H2,(H,13,14,15)(H,16,17,18)(H,19,20,21)(H,22,23,24)(H,25,26,27)(H,28,29,30)(H,31,32,33)(H,34,35,36)(H,37,38,39);;;;;;;;;/q;9*+1/p-9/t4-,5+,6-,7?,8-,9-,10+,11-,12+;;;;;;;;;/m1........./s1. The summed E-state index contributed by atoms with van der Waals surface area (Å²) in [5.74, 6) is 0. The molecule has 0 aromatic heterocycles. The van der Waals surface area contributed by atoms with Crippen LogP contribution >= 0.6 is 0 Å². The summed E-state index contributed by atoms with van der Waals surface area (Å²) in [6, 6.07) is 0. The van der Waals surface area contributed by atoms with E-state index in [1.807, 2.05) is 0 Å². The third-order valence-corrected chi connectivity index (χ3v) is 9.54. The zero-order valence-corrected chi connectivity index (χ0v) is 71.0. The van der Waals surface area contributed by atoms with Gasteiger partial charge in [-0.25, -0.2) is 75.8 Å². The molecule has 1 aliphatic heterocycles. The topological polar surface area (TPSA) is 616 Å². The summed E-state index contributed by atoms with van der Waals surface area (Å²) >= 11 is 0. The Balaban J connectivity index is -0.000000553. The van der Waals surface area contributed by atoms with Crippen LogP contribution in [0, 0.1) is 0 Å². The predicted molar refractivity (Wildman–Crippen MR) is 148 cm³/mol. The summed E-state index contributed by atoms with van der Waals surface area (Å²) < 4.78 is 352. The molecule has 0 N–H and O–H groups in total. The Kier molecular flexibility index (Phi) is 63.8. The third kappa shape index (κ3) is 51.5. The van der Waals surface area contributed by atoms with E-state index in [2.05, 4.69) is 37.6 Å². The Morgan fingerprint density at radius 2 is 0.647 bits per heavy atom. The molecule has 68 heavy (non-hydrogen) atoms. The van der Waals surface area contributed by atoms with E-state index in [1.54, 1.807) is 0 Å². The maximum absolute atomic E-state index is 11.8. The summed E-state index contributed by atoms with van der Waals surface area (Å²) in [5, 5.41) is 0. The quantitative estimate of drug-likeness (QED) is 0.0441. The van der Waals surface area contributed by atoms with Crippen LogP contribution in [-0.4, -0.2) is 192 Å². The van der Waals surface area contributed by atoms with E-state index >= 15 is 0 Å². The monoisotopic (exact) mass is 1410 g/mol. The van der Waals surface area contributed by atoms with Gasteiger partial charge in [0.25, 0.3) is 0 Å². The molecule has 1 rings (SSSR count). The van der Waals surface area contributed by atoms with Gasteiger partial charge in [0.1, 0.15) is 42.7 Å². The van der Waals surface area contributed by atoms with Crippen molar-refractivity contribution in [3.8, 4) is 0 Å². The first-order valence-electron chi connectivity index (χ1n) is 12.8. The van der Waals surface area contributed by atoms with Crippen LogP contribution in [0.2, 0.25) is 0 Å². The van der Waals surface area contributed by atoms with E-state index in [1.165, 1.54) is 0 Å². The molecule has 0 bridgehead atoms. The first-order valence-corrected chi connectivity index (χ1v) is 24.8. The van der Waals surface area contributed by atoms with Crippen LogP contribution in [0.4, 0.5) is 0 Å². The van der Waals surface area contributed by atoms with Gasteiger partial charge in [0.05, 0.1) is 19.8 Å². The zero-order chi connectivity index (χ0) is 46.6. The largest absolute Gasteiger partial charge is 1.00 e. The van der Waals surface area contributed by atoms with Crippen LogP contribution in [-0.2, 0) is 141 Å². The molecule has 1 unspecified atom stereocenters. The number of hydrogen-bond donors (Lipinski definition) is 0. The van der Waals surface area contributed by atoms with Crippen molar-refractivity contribution in [2.45, 2.75) is 55.1 Å². The molecule has 1 fully saturated rings. The minimum atomic E-state index is -6.83. The average Bonchev–Trinajstić information content (AvgIpc) is 2.92. The van der Waals surface area contributed by atoms with Crippen molar-refractivity contribution in [2.24, 2.45) is 0 Å². The molecule has 0 saturated carbocycles. The van der Waals surface area contributed by atoms with E-state index in [9.17, 15) is 117 Å². The third-order valence-electron chi connectivity index (χ3n) is 5.47. The second-order valence-corrected chi connectivity index (χ2v) is 18.9. The molecule has 38 nitrogen and oxygen atoms in total. The van der Waals surface area contributed by atoms with E-state index in [-0.39, 0.29) is 462 Å². The van der Waals surface area contributed by atoms with E-state index < -0.39 is 169 Å². The van der Waals surface area contributed by atoms with Crippen molar-refractivity contribution in [2.75, 3.05) is 19.8 Å². The minimum Gasteiger partial charge on any atom is -0.726 e. The summed E-state index contributed by atoms with van der Waals surface area (Å²) in [6.45, 7) is -7.36. The first-order chi connectivity index (χ1) is 25.8. The summed E-state index contributed by atoms with van der Waals surface area (Å²) in [4.78, 5) is 0. The normalized spacial score (nSPS) is 21.0. The van der Waals surface area contributed by atoms with Gasteiger partial charge in [-0.3, -0.25) is 37.6 Å². The molecule has 0 aliphatic carbocycles. The molecule has 56 heteroatoms. The Bertz CT molecular complexity index is 2510. The predicted octanol–water partition coefficient (Wildman–Crippen LogP) is -37.4. The molecule has 1 aliphatic rings. The Labute approximate surface area is 771 Å². The molecule has 354 valence electrons. The summed E-state index contributed by atoms with van der Waals surface area (Å²) in [7, 11) is -58.8. The van der Waals surface area contributed by atoms with Crippen molar-refractivity contribution < 1.29 is 626 Å². The smallest absolute Gasteiger partial charge is 0.726 e. The van der Waals surface area contributed by atoms with Crippen LogP contribution in [0.5, 0.6) is 0 Å². The van der Waals surface area contributed by atoms with Crippen molar-refractivity contribution in [1.82, 2.24) is 0 Å². The fourth-order valence-electron chi connectivity index (χ4n) is 3.96. The second-order valence-electron chi connectivity index (χ2n) is 9.68. The molecule has 0 amide bonds. The van der Waals surface area contributed by atoms with Gasteiger partial charge in [0.2, 0.25) is 93.6 Å². The molecule has 1 heterocycles. The van der Waals surface area contributed by atoms with Gasteiger partial charge in [-0.2, -0.15) is 0 Å². The minimum absolute atomic E-state index is 0. The average molecular weight is 1410 g/mol. The maximum Gasteiger partial charge on any atom is 1.00 e. The fourth-order valence-corrected chi connectivity index (χ4v) is 7.78. The van der Waals surface area contributed by atoms with Crippen LogP contribution in [0.3, 0.4) is 0 Å². The molecular formula is C12H15K9O38S9. The van der Waals surface area contributed by atoms with Crippen molar-refractivity contribution >= 4 is 93.6 Å². The number of hydrogen-bond acceptors (Lipinski definition) is 38. The molecule has 0 aromatic carbocycles. The van der Waals surface area contributed by atoms with Crippen LogP contribution in [0.1, 0.15) is 0 Å². The fraction of sp³-hybridized carbons (Fsp3) is 1.00. The van der Waals surface area contributed by atoms with E-state index in [0.29, 0.717) is 0 Å².